The Hall–Kier alpha value is -1.56. The highest BCUT2D eigenvalue weighted by Gasteiger charge is 2.19. The second-order valence-electron chi connectivity index (χ2n) is 3.66. The fourth-order valence-corrected chi connectivity index (χ4v) is 1.64. The summed E-state index contributed by atoms with van der Waals surface area (Å²) in [6.45, 7) is 2.35. The average molecular weight is 252 g/mol. The zero-order valence-electron chi connectivity index (χ0n) is 9.72. The summed E-state index contributed by atoms with van der Waals surface area (Å²) in [4.78, 5) is 19.9. The fraction of sp³-hybridized carbons (Fsp3) is 0.455. The van der Waals surface area contributed by atoms with Gasteiger partial charge in [-0.05, 0) is 12.5 Å². The predicted octanol–water partition coefficient (Wildman–Crippen LogP) is 0.795. The predicted molar refractivity (Wildman–Crippen MR) is 69.1 cm³/mol. The highest BCUT2D eigenvalue weighted by molar-refractivity contribution is 7.80. The zero-order valence-corrected chi connectivity index (χ0v) is 10.5. The van der Waals surface area contributed by atoms with Crippen molar-refractivity contribution in [1.82, 2.24) is 15.3 Å². The van der Waals surface area contributed by atoms with Crippen LogP contribution in [0.5, 0.6) is 0 Å². The van der Waals surface area contributed by atoms with E-state index in [1.807, 2.05) is 6.92 Å². The van der Waals surface area contributed by atoms with Gasteiger partial charge in [0.15, 0.2) is 0 Å². The van der Waals surface area contributed by atoms with Crippen molar-refractivity contribution in [2.24, 2.45) is 11.7 Å². The molecule has 0 saturated carbocycles. The molecule has 0 radical (unpaired) electrons. The van der Waals surface area contributed by atoms with Gasteiger partial charge in [0.1, 0.15) is 6.33 Å². The van der Waals surface area contributed by atoms with Crippen molar-refractivity contribution in [2.75, 3.05) is 0 Å². The van der Waals surface area contributed by atoms with E-state index in [1.54, 1.807) is 12.3 Å². The number of nitrogens with zero attached hydrogens (tertiary/aromatic N) is 2. The number of aromatic nitrogens is 2. The van der Waals surface area contributed by atoms with Crippen molar-refractivity contribution in [1.29, 1.82) is 0 Å². The highest BCUT2D eigenvalue weighted by Crippen LogP contribution is 2.07. The van der Waals surface area contributed by atoms with Crippen LogP contribution in [0.15, 0.2) is 18.6 Å². The number of carbonyl (C=O) groups is 1. The zero-order chi connectivity index (χ0) is 12.7. The molecule has 1 rings (SSSR count). The summed E-state index contributed by atoms with van der Waals surface area (Å²) in [6, 6.07) is 1.75. The van der Waals surface area contributed by atoms with E-state index in [9.17, 15) is 4.79 Å². The molecule has 0 fully saturated rings. The minimum absolute atomic E-state index is 0.141. The number of rotatable bonds is 6. The van der Waals surface area contributed by atoms with E-state index in [0.717, 1.165) is 12.1 Å². The molecule has 92 valence electrons. The first kappa shape index (κ1) is 13.5. The molecule has 5 nitrogen and oxygen atoms in total. The summed E-state index contributed by atoms with van der Waals surface area (Å²) >= 11 is 4.88. The van der Waals surface area contributed by atoms with Crippen molar-refractivity contribution in [3.63, 3.8) is 0 Å². The Morgan fingerprint density at radius 2 is 2.41 bits per heavy atom. The molecular weight excluding hydrogens is 236 g/mol. The van der Waals surface area contributed by atoms with Gasteiger partial charge in [0, 0.05) is 6.20 Å². The number of carbonyl (C=O) groups excluding carboxylic acids is 1. The van der Waals surface area contributed by atoms with Gasteiger partial charge in [-0.3, -0.25) is 4.79 Å². The van der Waals surface area contributed by atoms with E-state index < -0.39 is 5.92 Å². The summed E-state index contributed by atoms with van der Waals surface area (Å²) in [5.74, 6) is -0.533. The first-order chi connectivity index (χ1) is 8.15. The van der Waals surface area contributed by atoms with Gasteiger partial charge in [-0.25, -0.2) is 9.97 Å². The lowest BCUT2D eigenvalue weighted by molar-refractivity contribution is -0.123. The molecular formula is C11H16N4OS. The largest absolute Gasteiger partial charge is 0.393 e. The van der Waals surface area contributed by atoms with E-state index in [2.05, 4.69) is 15.3 Å². The van der Waals surface area contributed by atoms with E-state index in [-0.39, 0.29) is 10.9 Å². The summed E-state index contributed by atoms with van der Waals surface area (Å²) in [5, 5.41) is 2.77. The lowest BCUT2D eigenvalue weighted by Crippen LogP contribution is -2.37. The van der Waals surface area contributed by atoms with Crippen LogP contribution < -0.4 is 11.1 Å². The molecule has 3 N–H and O–H groups in total. The summed E-state index contributed by atoms with van der Waals surface area (Å²) in [5.41, 5.74) is 6.29. The maximum Gasteiger partial charge on any atom is 0.230 e. The molecule has 17 heavy (non-hydrogen) atoms. The topological polar surface area (TPSA) is 80.9 Å². The SMILES string of the molecule is CCCC(C(=O)NCc1ccncn1)C(N)=S. The van der Waals surface area contributed by atoms with E-state index in [0.29, 0.717) is 13.0 Å². The van der Waals surface area contributed by atoms with Gasteiger partial charge in [0.25, 0.3) is 0 Å². The van der Waals surface area contributed by atoms with Crippen molar-refractivity contribution in [3.8, 4) is 0 Å². The van der Waals surface area contributed by atoms with Crippen molar-refractivity contribution >= 4 is 23.1 Å². The maximum absolute atomic E-state index is 11.8. The van der Waals surface area contributed by atoms with Crippen LogP contribution in [0.2, 0.25) is 0 Å². The first-order valence-corrected chi connectivity index (χ1v) is 5.88. The van der Waals surface area contributed by atoms with Crippen LogP contribution in [0.4, 0.5) is 0 Å². The standard InChI is InChI=1S/C11H16N4OS/c1-2-3-9(10(12)17)11(16)14-6-8-4-5-13-7-15-8/h4-5,7,9H,2-3,6H2,1H3,(H2,12,17)(H,14,16). The van der Waals surface area contributed by atoms with Crippen LogP contribution in [-0.4, -0.2) is 20.9 Å². The second-order valence-corrected chi connectivity index (χ2v) is 4.13. The second kappa shape index (κ2) is 6.90. The molecule has 1 aromatic rings. The van der Waals surface area contributed by atoms with Gasteiger partial charge in [-0.1, -0.05) is 25.6 Å². The minimum Gasteiger partial charge on any atom is -0.393 e. The molecule has 0 saturated heterocycles. The molecule has 1 aromatic heterocycles. The van der Waals surface area contributed by atoms with Crippen LogP contribution >= 0.6 is 12.2 Å². The number of nitrogens with two attached hydrogens (primary N) is 1. The summed E-state index contributed by atoms with van der Waals surface area (Å²) < 4.78 is 0. The van der Waals surface area contributed by atoms with Crippen LogP contribution in [0.25, 0.3) is 0 Å². The summed E-state index contributed by atoms with van der Waals surface area (Å²) in [6.07, 6.45) is 4.61. The Bertz CT molecular complexity index is 382. The lowest BCUT2D eigenvalue weighted by atomic mass is 10.0. The van der Waals surface area contributed by atoms with Gasteiger partial charge in [-0.15, -0.1) is 0 Å². The number of nitrogens with one attached hydrogen (secondary N) is 1. The van der Waals surface area contributed by atoms with Crippen molar-refractivity contribution in [3.05, 3.63) is 24.3 Å². The molecule has 0 aromatic carbocycles. The number of thiocarbonyl (C=S) groups is 1. The van der Waals surface area contributed by atoms with E-state index >= 15 is 0 Å². The third-order valence-electron chi connectivity index (χ3n) is 2.32. The molecule has 1 unspecified atom stereocenters. The Balaban J connectivity index is 2.50. The molecule has 6 heteroatoms. The Morgan fingerprint density at radius 3 is 2.94 bits per heavy atom. The Labute approximate surface area is 106 Å². The van der Waals surface area contributed by atoms with E-state index in [4.69, 9.17) is 18.0 Å². The van der Waals surface area contributed by atoms with Crippen LogP contribution in [-0.2, 0) is 11.3 Å². The molecule has 1 amide bonds. The fourth-order valence-electron chi connectivity index (χ4n) is 1.41. The molecule has 0 aliphatic carbocycles. The summed E-state index contributed by atoms with van der Waals surface area (Å²) in [7, 11) is 0. The van der Waals surface area contributed by atoms with Gasteiger partial charge >= 0.3 is 0 Å². The van der Waals surface area contributed by atoms with Gasteiger partial charge in [0.2, 0.25) is 5.91 Å². The normalized spacial score (nSPS) is 11.8. The molecule has 1 heterocycles. The monoisotopic (exact) mass is 252 g/mol. The third-order valence-corrected chi connectivity index (χ3v) is 2.61. The van der Waals surface area contributed by atoms with Gasteiger partial charge in [-0.2, -0.15) is 0 Å². The minimum atomic E-state index is -0.392. The Morgan fingerprint density at radius 1 is 1.65 bits per heavy atom. The van der Waals surface area contributed by atoms with Gasteiger partial charge < -0.3 is 11.1 Å². The molecule has 0 bridgehead atoms. The molecule has 0 spiro atoms. The first-order valence-electron chi connectivity index (χ1n) is 5.47. The Kier molecular flexibility index (Phi) is 5.48. The van der Waals surface area contributed by atoms with Crippen LogP contribution in [0.3, 0.4) is 0 Å². The lowest BCUT2D eigenvalue weighted by Gasteiger charge is -2.14. The maximum atomic E-state index is 11.8. The smallest absolute Gasteiger partial charge is 0.230 e. The van der Waals surface area contributed by atoms with Crippen LogP contribution in [0, 0.1) is 5.92 Å². The van der Waals surface area contributed by atoms with Gasteiger partial charge in [0.05, 0.1) is 23.1 Å². The van der Waals surface area contributed by atoms with Crippen molar-refractivity contribution in [2.45, 2.75) is 26.3 Å². The number of amides is 1. The highest BCUT2D eigenvalue weighted by atomic mass is 32.1. The number of hydrogen-bond donors (Lipinski definition) is 2. The number of hydrogen-bond acceptors (Lipinski definition) is 4. The molecule has 0 aliphatic rings. The molecule has 1 atom stereocenters. The van der Waals surface area contributed by atoms with Crippen LogP contribution in [0.1, 0.15) is 25.5 Å². The molecule has 0 aliphatic heterocycles. The van der Waals surface area contributed by atoms with Crippen molar-refractivity contribution < 1.29 is 4.79 Å². The van der Waals surface area contributed by atoms with E-state index in [1.165, 1.54) is 6.33 Å². The average Bonchev–Trinajstić information content (AvgIpc) is 2.34. The third kappa shape index (κ3) is 4.44. The quantitative estimate of drug-likeness (QED) is 0.732.